The van der Waals surface area contributed by atoms with E-state index in [1.54, 1.807) is 29.0 Å². The van der Waals surface area contributed by atoms with E-state index in [0.717, 1.165) is 35.9 Å². The Morgan fingerprint density at radius 3 is 2.62 bits per heavy atom. The fourth-order valence-corrected chi connectivity index (χ4v) is 4.80. The topological polar surface area (TPSA) is 99.4 Å². The van der Waals surface area contributed by atoms with Gasteiger partial charge in [-0.2, -0.15) is 0 Å². The van der Waals surface area contributed by atoms with E-state index in [2.05, 4.69) is 15.0 Å². The van der Waals surface area contributed by atoms with Crippen molar-refractivity contribution in [3.8, 4) is 17.1 Å². The molecule has 42 heavy (non-hydrogen) atoms. The molecule has 6 rings (SSSR count). The maximum atomic E-state index is 15.4. The monoisotopic (exact) mass is 574 g/mol. The lowest BCUT2D eigenvalue weighted by Gasteiger charge is -2.27. The molecular formula is C31H25F3N4O4. The quantitative estimate of drug-likeness (QED) is 0.235. The molecule has 0 saturated carbocycles. The maximum Gasteiger partial charge on any atom is 0.335 e. The number of carbonyl (C=O) groups is 1. The third kappa shape index (κ3) is 5.55. The number of nitrogens with zero attached hydrogens (tertiary/aromatic N) is 4. The van der Waals surface area contributed by atoms with E-state index in [9.17, 15) is 14.3 Å². The molecule has 0 radical (unpaired) electrons. The number of aromatic nitrogens is 4. The Morgan fingerprint density at radius 2 is 1.90 bits per heavy atom. The average molecular weight is 575 g/mol. The zero-order valence-corrected chi connectivity index (χ0v) is 22.5. The average Bonchev–Trinajstić information content (AvgIpc) is 3.29. The lowest BCUT2D eigenvalue weighted by molar-refractivity contribution is -0.0589. The van der Waals surface area contributed by atoms with E-state index >= 15 is 8.78 Å². The van der Waals surface area contributed by atoms with E-state index in [1.807, 2.05) is 19.1 Å². The van der Waals surface area contributed by atoms with Crippen molar-refractivity contribution in [2.24, 2.45) is 0 Å². The number of rotatable bonds is 9. The molecule has 2 aromatic carbocycles. The van der Waals surface area contributed by atoms with Crippen molar-refractivity contribution in [1.82, 2.24) is 19.5 Å². The highest BCUT2D eigenvalue weighted by Gasteiger charge is 2.25. The van der Waals surface area contributed by atoms with Crippen LogP contribution in [0.5, 0.6) is 5.88 Å². The van der Waals surface area contributed by atoms with Crippen LogP contribution in [-0.4, -0.2) is 43.3 Å². The van der Waals surface area contributed by atoms with Gasteiger partial charge in [0.2, 0.25) is 5.88 Å². The van der Waals surface area contributed by atoms with Gasteiger partial charge in [0.1, 0.15) is 29.6 Å². The van der Waals surface area contributed by atoms with Gasteiger partial charge in [0, 0.05) is 42.1 Å². The van der Waals surface area contributed by atoms with Crippen molar-refractivity contribution in [2.75, 3.05) is 6.61 Å². The van der Waals surface area contributed by atoms with Gasteiger partial charge >= 0.3 is 5.97 Å². The van der Waals surface area contributed by atoms with Crippen molar-refractivity contribution in [1.29, 1.82) is 0 Å². The second kappa shape index (κ2) is 11.2. The summed E-state index contributed by atoms with van der Waals surface area (Å²) in [6.07, 6.45) is 2.12. The van der Waals surface area contributed by atoms with Crippen molar-refractivity contribution in [3.63, 3.8) is 0 Å². The van der Waals surface area contributed by atoms with Crippen LogP contribution in [0.15, 0.2) is 60.8 Å². The lowest BCUT2D eigenvalue weighted by Crippen LogP contribution is -2.31. The first kappa shape index (κ1) is 27.4. The van der Waals surface area contributed by atoms with Crippen LogP contribution >= 0.6 is 0 Å². The number of carboxylic acids is 1. The van der Waals surface area contributed by atoms with Gasteiger partial charge in [0.25, 0.3) is 0 Å². The van der Waals surface area contributed by atoms with Crippen LogP contribution < -0.4 is 4.74 Å². The largest absolute Gasteiger partial charge is 0.478 e. The molecular weight excluding hydrogens is 549 g/mol. The number of aryl methyl sites for hydroxylation is 1. The summed E-state index contributed by atoms with van der Waals surface area (Å²) < 4.78 is 58.5. The Balaban J connectivity index is 1.29. The van der Waals surface area contributed by atoms with Gasteiger partial charge in [-0.25, -0.2) is 27.9 Å². The minimum atomic E-state index is -1.29. The van der Waals surface area contributed by atoms with Gasteiger partial charge in [-0.05, 0) is 55.3 Å². The zero-order valence-electron chi connectivity index (χ0n) is 22.5. The summed E-state index contributed by atoms with van der Waals surface area (Å²) in [7, 11) is 0. The van der Waals surface area contributed by atoms with Crippen LogP contribution in [-0.2, 0) is 24.3 Å². The second-order valence-electron chi connectivity index (χ2n) is 10.1. The van der Waals surface area contributed by atoms with Gasteiger partial charge in [0.05, 0.1) is 29.4 Å². The number of hydrogen-bond acceptors (Lipinski definition) is 6. The third-order valence-corrected chi connectivity index (χ3v) is 7.16. The van der Waals surface area contributed by atoms with Crippen LogP contribution in [0.25, 0.3) is 22.3 Å². The molecule has 1 saturated heterocycles. The fraction of sp³-hybridized carbons (Fsp3) is 0.226. The SMILES string of the molecule is Cc1ccc(COc2cccc(-c3cc(F)c(Cc4nc5c(F)cc(C(=O)O)cc5n4CC4CCO4)cc3F)n2)cn1. The van der Waals surface area contributed by atoms with E-state index in [1.165, 1.54) is 6.07 Å². The Kier molecular flexibility index (Phi) is 7.34. The number of pyridine rings is 2. The summed E-state index contributed by atoms with van der Waals surface area (Å²) in [4.78, 5) is 24.5. The third-order valence-electron chi connectivity index (χ3n) is 7.16. The van der Waals surface area contributed by atoms with Gasteiger partial charge < -0.3 is 19.1 Å². The molecule has 1 aliphatic heterocycles. The molecule has 1 fully saturated rings. The molecule has 1 atom stereocenters. The van der Waals surface area contributed by atoms with Gasteiger partial charge in [-0.3, -0.25) is 4.98 Å². The summed E-state index contributed by atoms with van der Waals surface area (Å²) in [5, 5.41) is 9.41. The van der Waals surface area contributed by atoms with Crippen molar-refractivity contribution in [3.05, 3.63) is 106 Å². The number of imidazole rings is 1. The number of aromatic carboxylic acids is 1. The first-order valence-electron chi connectivity index (χ1n) is 13.3. The molecule has 214 valence electrons. The van der Waals surface area contributed by atoms with Crippen LogP contribution in [0.1, 0.15) is 39.4 Å². The Morgan fingerprint density at radius 1 is 1.07 bits per heavy atom. The van der Waals surface area contributed by atoms with E-state index in [0.29, 0.717) is 6.61 Å². The molecule has 5 aromatic rings. The lowest BCUT2D eigenvalue weighted by atomic mass is 10.0. The standard InChI is InChI=1S/C31H25F3N4O4/c1-17-5-6-18(14-35-17)16-42-29-4-2-3-26(36-29)22-13-23(32)19(9-24(22)33)12-28-37-30-25(34)10-20(31(39)40)11-27(30)38(28)15-21-7-8-41-21/h2-6,9-11,13-14,21H,7-8,12,15-16H2,1H3,(H,39,40). The summed E-state index contributed by atoms with van der Waals surface area (Å²) >= 11 is 0. The minimum absolute atomic E-state index is 0.000441. The van der Waals surface area contributed by atoms with Crippen LogP contribution in [0.4, 0.5) is 13.2 Å². The number of carboxylic acid groups (broad SMARTS) is 1. The molecule has 1 unspecified atom stereocenters. The molecule has 1 aliphatic rings. The van der Waals surface area contributed by atoms with Crippen LogP contribution in [0.2, 0.25) is 0 Å². The molecule has 0 bridgehead atoms. The van der Waals surface area contributed by atoms with E-state index < -0.39 is 23.4 Å². The molecule has 8 nitrogen and oxygen atoms in total. The molecule has 0 amide bonds. The number of halogens is 3. The van der Waals surface area contributed by atoms with Gasteiger partial charge in [0.15, 0.2) is 5.82 Å². The second-order valence-corrected chi connectivity index (χ2v) is 10.1. The molecule has 3 aromatic heterocycles. The summed E-state index contributed by atoms with van der Waals surface area (Å²) in [5.74, 6) is -3.01. The highest BCUT2D eigenvalue weighted by atomic mass is 19.1. The Bertz CT molecular complexity index is 1800. The van der Waals surface area contributed by atoms with Crippen molar-refractivity contribution < 1.29 is 32.5 Å². The molecule has 4 heterocycles. The normalized spacial score (nSPS) is 14.6. The summed E-state index contributed by atoms with van der Waals surface area (Å²) in [5.41, 5.74) is 1.82. The summed E-state index contributed by atoms with van der Waals surface area (Å²) in [6, 6.07) is 12.9. The van der Waals surface area contributed by atoms with Crippen molar-refractivity contribution >= 4 is 17.0 Å². The highest BCUT2D eigenvalue weighted by molar-refractivity contribution is 5.92. The minimum Gasteiger partial charge on any atom is -0.478 e. The smallest absolute Gasteiger partial charge is 0.335 e. The van der Waals surface area contributed by atoms with Crippen LogP contribution in [0.3, 0.4) is 0 Å². The molecule has 11 heteroatoms. The predicted octanol–water partition coefficient (Wildman–Crippen LogP) is 5.88. The molecule has 1 N–H and O–H groups in total. The van der Waals surface area contributed by atoms with Crippen LogP contribution in [0, 0.1) is 24.4 Å². The maximum absolute atomic E-state index is 15.4. The summed E-state index contributed by atoms with van der Waals surface area (Å²) in [6.45, 7) is 2.94. The first-order chi connectivity index (χ1) is 20.2. The molecule has 0 spiro atoms. The van der Waals surface area contributed by atoms with Gasteiger partial charge in [-0.1, -0.05) is 12.1 Å². The predicted molar refractivity (Wildman–Crippen MR) is 147 cm³/mol. The highest BCUT2D eigenvalue weighted by Crippen LogP contribution is 2.29. The Labute approximate surface area is 238 Å². The molecule has 0 aliphatic carbocycles. The van der Waals surface area contributed by atoms with Gasteiger partial charge in [-0.15, -0.1) is 0 Å². The number of benzene rings is 2. The first-order valence-corrected chi connectivity index (χ1v) is 13.3. The zero-order chi connectivity index (χ0) is 29.4. The van der Waals surface area contributed by atoms with E-state index in [-0.39, 0.29) is 70.8 Å². The Hall–Kier alpha value is -4.77. The van der Waals surface area contributed by atoms with Crippen molar-refractivity contribution in [2.45, 2.75) is 39.0 Å². The van der Waals surface area contributed by atoms with E-state index in [4.69, 9.17) is 9.47 Å². The number of hydrogen-bond donors (Lipinski definition) is 1. The fourth-order valence-electron chi connectivity index (χ4n) is 4.80. The number of fused-ring (bicyclic) bond motifs is 1. The number of ether oxygens (including phenoxy) is 2.